The van der Waals surface area contributed by atoms with E-state index in [0.717, 1.165) is 10.9 Å². The molecule has 2 rings (SSSR count). The van der Waals surface area contributed by atoms with Crippen molar-refractivity contribution in [1.82, 2.24) is 10.3 Å². The second-order valence-corrected chi connectivity index (χ2v) is 4.34. The third kappa shape index (κ3) is 2.00. The molecule has 0 aliphatic heterocycles. The van der Waals surface area contributed by atoms with E-state index in [-0.39, 0.29) is 5.91 Å². The number of hydrogen-bond donors (Lipinski definition) is 1. The Kier molecular flexibility index (Phi) is 3.09. The van der Waals surface area contributed by atoms with Crippen molar-refractivity contribution in [3.8, 4) is 0 Å². The predicted octanol–water partition coefficient (Wildman–Crippen LogP) is 2.72. The van der Waals surface area contributed by atoms with Gasteiger partial charge in [0.05, 0.1) is 11.1 Å². The average Bonchev–Trinajstić information content (AvgIpc) is 2.36. The van der Waals surface area contributed by atoms with Crippen molar-refractivity contribution in [2.75, 3.05) is 7.05 Å². The number of carbonyl (C=O) groups is 1. The minimum absolute atomic E-state index is 0.0710. The van der Waals surface area contributed by atoms with Gasteiger partial charge in [-0.3, -0.25) is 9.78 Å². The number of nitrogens with zero attached hydrogens (tertiary/aromatic N) is 1. The van der Waals surface area contributed by atoms with Crippen LogP contribution in [-0.2, 0) is 0 Å². The lowest BCUT2D eigenvalue weighted by Gasteiger charge is -2.11. The van der Waals surface area contributed by atoms with Crippen LogP contribution in [-0.4, -0.2) is 17.9 Å². The van der Waals surface area contributed by atoms with Crippen molar-refractivity contribution >= 4 is 16.8 Å². The molecule has 3 nitrogen and oxygen atoms in total. The summed E-state index contributed by atoms with van der Waals surface area (Å²) >= 11 is 0. The lowest BCUT2D eigenvalue weighted by molar-refractivity contribution is 0.0964. The van der Waals surface area contributed by atoms with Gasteiger partial charge in [-0.25, -0.2) is 0 Å². The van der Waals surface area contributed by atoms with Crippen LogP contribution in [0.3, 0.4) is 0 Å². The largest absolute Gasteiger partial charge is 0.355 e. The smallest absolute Gasteiger partial charge is 0.251 e. The maximum absolute atomic E-state index is 11.8. The Hall–Kier alpha value is -1.90. The summed E-state index contributed by atoms with van der Waals surface area (Å²) in [6, 6.07) is 7.74. The second-order valence-electron chi connectivity index (χ2n) is 4.34. The lowest BCUT2D eigenvalue weighted by atomic mass is 9.97. The van der Waals surface area contributed by atoms with Gasteiger partial charge in [0.25, 0.3) is 5.91 Å². The molecule has 0 bridgehead atoms. The number of fused-ring (bicyclic) bond motifs is 1. The molecule has 3 heteroatoms. The summed E-state index contributed by atoms with van der Waals surface area (Å²) in [4.78, 5) is 16.2. The van der Waals surface area contributed by atoms with Crippen LogP contribution in [0, 0.1) is 0 Å². The van der Waals surface area contributed by atoms with E-state index in [0.29, 0.717) is 11.5 Å². The molecule has 0 atom stereocenters. The number of rotatable bonds is 2. The predicted molar refractivity (Wildman–Crippen MR) is 69.2 cm³/mol. The number of nitrogens with one attached hydrogen (secondary N) is 1. The summed E-state index contributed by atoms with van der Waals surface area (Å²) in [6.07, 6.45) is 1.69. The monoisotopic (exact) mass is 228 g/mol. The van der Waals surface area contributed by atoms with Crippen LogP contribution in [0.2, 0.25) is 0 Å². The van der Waals surface area contributed by atoms with Crippen molar-refractivity contribution in [2.24, 2.45) is 0 Å². The molecule has 0 aliphatic rings. The number of benzene rings is 1. The number of aromatic nitrogens is 1. The zero-order valence-corrected chi connectivity index (χ0v) is 10.3. The second kappa shape index (κ2) is 4.53. The maximum atomic E-state index is 11.8. The fourth-order valence-corrected chi connectivity index (χ4v) is 2.00. The minimum atomic E-state index is -0.0710. The summed E-state index contributed by atoms with van der Waals surface area (Å²) in [7, 11) is 1.64. The highest BCUT2D eigenvalue weighted by molar-refractivity contribution is 6.06. The molecular formula is C14H16N2O. The molecular weight excluding hydrogens is 212 g/mol. The molecule has 1 aromatic heterocycles. The summed E-state index contributed by atoms with van der Waals surface area (Å²) in [6.45, 7) is 4.26. The van der Waals surface area contributed by atoms with Gasteiger partial charge in [-0.15, -0.1) is 0 Å². The molecule has 0 saturated heterocycles. The molecule has 1 amide bonds. The van der Waals surface area contributed by atoms with E-state index in [9.17, 15) is 4.79 Å². The molecule has 0 spiro atoms. The van der Waals surface area contributed by atoms with Crippen molar-refractivity contribution in [2.45, 2.75) is 19.8 Å². The third-order valence-electron chi connectivity index (χ3n) is 2.90. The van der Waals surface area contributed by atoms with E-state index < -0.39 is 0 Å². The Morgan fingerprint density at radius 2 is 2.06 bits per heavy atom. The minimum Gasteiger partial charge on any atom is -0.355 e. The molecule has 88 valence electrons. The number of hydrogen-bond acceptors (Lipinski definition) is 2. The van der Waals surface area contributed by atoms with Crippen LogP contribution in [0.1, 0.15) is 35.7 Å². The summed E-state index contributed by atoms with van der Waals surface area (Å²) in [5.41, 5.74) is 2.77. The SMILES string of the molecule is CNC(=O)c1ccnc2c(C(C)C)cccc12. The zero-order valence-electron chi connectivity index (χ0n) is 10.3. The standard InChI is InChI=1S/C14H16N2O/c1-9(2)10-5-4-6-11-12(14(17)15-3)7-8-16-13(10)11/h4-9H,1-3H3,(H,15,17). The maximum Gasteiger partial charge on any atom is 0.251 e. The van der Waals surface area contributed by atoms with Crippen molar-refractivity contribution in [3.63, 3.8) is 0 Å². The number of carbonyl (C=O) groups excluding carboxylic acids is 1. The molecule has 17 heavy (non-hydrogen) atoms. The third-order valence-corrected chi connectivity index (χ3v) is 2.90. The van der Waals surface area contributed by atoms with E-state index in [1.807, 2.05) is 12.1 Å². The fourth-order valence-electron chi connectivity index (χ4n) is 2.00. The zero-order chi connectivity index (χ0) is 12.4. The Balaban J connectivity index is 2.74. The van der Waals surface area contributed by atoms with Crippen molar-refractivity contribution < 1.29 is 4.79 Å². The van der Waals surface area contributed by atoms with Gasteiger partial charge >= 0.3 is 0 Å². The number of amides is 1. The van der Waals surface area contributed by atoms with Gasteiger partial charge in [0.2, 0.25) is 0 Å². The quantitative estimate of drug-likeness (QED) is 0.858. The first-order chi connectivity index (χ1) is 8.15. The summed E-state index contributed by atoms with van der Waals surface area (Å²) in [5.74, 6) is 0.324. The van der Waals surface area contributed by atoms with Gasteiger partial charge < -0.3 is 5.32 Å². The number of pyridine rings is 1. The van der Waals surface area contributed by atoms with E-state index in [2.05, 4.69) is 30.2 Å². The Labute approximate surface area is 101 Å². The highest BCUT2D eigenvalue weighted by Crippen LogP contribution is 2.25. The van der Waals surface area contributed by atoms with Gasteiger partial charge in [-0.2, -0.15) is 0 Å². The van der Waals surface area contributed by atoms with Gasteiger partial charge in [0.15, 0.2) is 0 Å². The number of para-hydroxylation sites is 1. The van der Waals surface area contributed by atoms with E-state index in [4.69, 9.17) is 0 Å². The van der Waals surface area contributed by atoms with Gasteiger partial charge in [-0.05, 0) is 17.5 Å². The molecule has 2 aromatic rings. The highest BCUT2D eigenvalue weighted by atomic mass is 16.1. The van der Waals surface area contributed by atoms with Crippen LogP contribution in [0.15, 0.2) is 30.5 Å². The first kappa shape index (κ1) is 11.6. The average molecular weight is 228 g/mol. The Bertz CT molecular complexity index is 561. The molecule has 0 aliphatic carbocycles. The van der Waals surface area contributed by atoms with Gasteiger partial charge in [-0.1, -0.05) is 32.0 Å². The highest BCUT2D eigenvalue weighted by Gasteiger charge is 2.12. The van der Waals surface area contributed by atoms with Crippen LogP contribution in [0.25, 0.3) is 10.9 Å². The molecule has 1 aromatic carbocycles. The van der Waals surface area contributed by atoms with Gasteiger partial charge in [0.1, 0.15) is 0 Å². The molecule has 1 heterocycles. The van der Waals surface area contributed by atoms with Crippen molar-refractivity contribution in [3.05, 3.63) is 41.6 Å². The van der Waals surface area contributed by atoms with Crippen molar-refractivity contribution in [1.29, 1.82) is 0 Å². The van der Waals surface area contributed by atoms with Crippen LogP contribution in [0.5, 0.6) is 0 Å². The van der Waals surface area contributed by atoms with Gasteiger partial charge in [0, 0.05) is 18.6 Å². The fraction of sp³-hybridized carbons (Fsp3) is 0.286. The Morgan fingerprint density at radius 1 is 1.29 bits per heavy atom. The Morgan fingerprint density at radius 3 is 2.71 bits per heavy atom. The molecule has 0 unspecified atom stereocenters. The van der Waals surface area contributed by atoms with E-state index in [1.165, 1.54) is 5.56 Å². The molecule has 1 N–H and O–H groups in total. The van der Waals surface area contributed by atoms with Crippen LogP contribution in [0.4, 0.5) is 0 Å². The first-order valence-electron chi connectivity index (χ1n) is 5.75. The normalized spacial score (nSPS) is 10.8. The van der Waals surface area contributed by atoms with Crippen LogP contribution >= 0.6 is 0 Å². The lowest BCUT2D eigenvalue weighted by Crippen LogP contribution is -2.18. The van der Waals surface area contributed by atoms with Crippen LogP contribution < -0.4 is 5.32 Å². The molecule has 0 radical (unpaired) electrons. The molecule has 0 fully saturated rings. The van der Waals surface area contributed by atoms with E-state index >= 15 is 0 Å². The summed E-state index contributed by atoms with van der Waals surface area (Å²) in [5, 5.41) is 3.57. The first-order valence-corrected chi connectivity index (χ1v) is 5.75. The summed E-state index contributed by atoms with van der Waals surface area (Å²) < 4.78 is 0. The van der Waals surface area contributed by atoms with E-state index in [1.54, 1.807) is 19.3 Å². The molecule has 0 saturated carbocycles. The topological polar surface area (TPSA) is 42.0 Å².